The van der Waals surface area contributed by atoms with E-state index < -0.39 is 22.3 Å². The predicted octanol–water partition coefficient (Wildman–Crippen LogP) is 1.61. The number of phenols is 1. The highest BCUT2D eigenvalue weighted by atomic mass is 16.6. The van der Waals surface area contributed by atoms with E-state index in [-0.39, 0.29) is 17.1 Å². The smallest absolute Gasteiger partial charge is 0.296 e. The molecule has 0 heterocycles. The number of nitrogens with two attached hydrogens (primary N) is 1. The molecule has 104 valence electrons. The summed E-state index contributed by atoms with van der Waals surface area (Å²) < 4.78 is 0. The summed E-state index contributed by atoms with van der Waals surface area (Å²) >= 11 is 0. The lowest BCUT2D eigenvalue weighted by molar-refractivity contribution is -0.384. The fourth-order valence-electron chi connectivity index (χ4n) is 1.40. The number of nitro benzene ring substituents is 1. The van der Waals surface area contributed by atoms with Gasteiger partial charge >= 0.3 is 0 Å². The maximum absolute atomic E-state index is 11.9. The lowest BCUT2D eigenvalue weighted by Crippen LogP contribution is -2.45. The Hall–Kier alpha value is -2.15. The highest BCUT2D eigenvalue weighted by Gasteiger charge is 2.29. The van der Waals surface area contributed by atoms with Crippen LogP contribution < -0.4 is 11.1 Å². The van der Waals surface area contributed by atoms with E-state index in [1.165, 1.54) is 18.2 Å². The topological polar surface area (TPSA) is 118 Å². The fraction of sp³-hybridized carbons (Fsp3) is 0.417. The quantitative estimate of drug-likeness (QED) is 0.436. The van der Waals surface area contributed by atoms with Gasteiger partial charge < -0.3 is 16.2 Å². The van der Waals surface area contributed by atoms with E-state index in [9.17, 15) is 20.0 Å². The Morgan fingerprint density at radius 1 is 1.47 bits per heavy atom. The van der Waals surface area contributed by atoms with Crippen molar-refractivity contribution < 1.29 is 14.8 Å². The largest absolute Gasteiger partial charge is 0.505 e. The maximum Gasteiger partial charge on any atom is 0.296 e. The lowest BCUT2D eigenvalue weighted by atomic mass is 9.87. The number of amides is 1. The maximum atomic E-state index is 11.9. The van der Waals surface area contributed by atoms with Gasteiger partial charge in [0.05, 0.1) is 11.0 Å². The minimum absolute atomic E-state index is 0.239. The zero-order valence-electron chi connectivity index (χ0n) is 11.0. The third-order valence-electron chi connectivity index (χ3n) is 2.68. The molecule has 0 saturated carbocycles. The number of rotatable bonds is 3. The number of carbonyl (C=O) groups excluding carboxylic acids is 1. The van der Waals surface area contributed by atoms with E-state index >= 15 is 0 Å². The van der Waals surface area contributed by atoms with Gasteiger partial charge in [-0.1, -0.05) is 26.8 Å². The van der Waals surface area contributed by atoms with Crippen molar-refractivity contribution in [3.8, 4) is 5.75 Å². The summed E-state index contributed by atoms with van der Waals surface area (Å²) in [4.78, 5) is 22.1. The lowest BCUT2D eigenvalue weighted by Gasteiger charge is -2.25. The highest BCUT2D eigenvalue weighted by molar-refractivity contribution is 5.98. The van der Waals surface area contributed by atoms with Crippen molar-refractivity contribution in [2.75, 3.05) is 5.32 Å². The van der Waals surface area contributed by atoms with Crippen LogP contribution in [0.4, 0.5) is 11.4 Å². The first kappa shape index (κ1) is 14.9. The molecular weight excluding hydrogens is 250 g/mol. The molecule has 0 radical (unpaired) electrons. The average molecular weight is 267 g/mol. The van der Waals surface area contributed by atoms with Crippen molar-refractivity contribution in [3.63, 3.8) is 0 Å². The third-order valence-corrected chi connectivity index (χ3v) is 2.68. The minimum atomic E-state index is -0.855. The molecule has 0 aromatic heterocycles. The van der Waals surface area contributed by atoms with Crippen LogP contribution in [-0.4, -0.2) is 22.0 Å². The number of hydrogen-bond donors (Lipinski definition) is 3. The molecule has 7 nitrogen and oxygen atoms in total. The summed E-state index contributed by atoms with van der Waals surface area (Å²) in [5.74, 6) is -0.958. The van der Waals surface area contributed by atoms with Gasteiger partial charge in [-0.25, -0.2) is 0 Å². The van der Waals surface area contributed by atoms with E-state index in [0.29, 0.717) is 0 Å². The van der Waals surface area contributed by atoms with Crippen molar-refractivity contribution in [2.45, 2.75) is 26.8 Å². The van der Waals surface area contributed by atoms with Crippen LogP contribution in [0.5, 0.6) is 5.75 Å². The number of carbonyl (C=O) groups is 1. The third kappa shape index (κ3) is 3.41. The first-order valence-electron chi connectivity index (χ1n) is 5.67. The predicted molar refractivity (Wildman–Crippen MR) is 70.8 cm³/mol. The monoisotopic (exact) mass is 267 g/mol. The Bertz CT molecular complexity index is 508. The van der Waals surface area contributed by atoms with Gasteiger partial charge in [0.2, 0.25) is 5.91 Å². The van der Waals surface area contributed by atoms with Crippen LogP contribution in [0.1, 0.15) is 20.8 Å². The second-order valence-corrected chi connectivity index (χ2v) is 5.26. The van der Waals surface area contributed by atoms with Gasteiger partial charge in [-0.2, -0.15) is 0 Å². The van der Waals surface area contributed by atoms with E-state index in [1.54, 1.807) is 20.8 Å². The summed E-state index contributed by atoms with van der Waals surface area (Å²) in [7, 11) is 0. The number of anilines is 1. The van der Waals surface area contributed by atoms with Crippen LogP contribution >= 0.6 is 0 Å². The molecule has 1 aromatic rings. The number of nitro groups is 1. The van der Waals surface area contributed by atoms with Gasteiger partial charge in [0.25, 0.3) is 5.69 Å². The second-order valence-electron chi connectivity index (χ2n) is 5.26. The first-order chi connectivity index (χ1) is 8.64. The van der Waals surface area contributed by atoms with Crippen molar-refractivity contribution in [1.82, 2.24) is 0 Å². The second kappa shape index (κ2) is 5.23. The molecule has 7 heteroatoms. The van der Waals surface area contributed by atoms with Crippen molar-refractivity contribution in [2.24, 2.45) is 11.1 Å². The molecule has 0 saturated heterocycles. The Labute approximate surface area is 110 Å². The van der Waals surface area contributed by atoms with E-state index in [1.807, 2.05) is 0 Å². The molecule has 0 fully saturated rings. The van der Waals surface area contributed by atoms with Crippen LogP contribution in [0, 0.1) is 15.5 Å². The molecule has 0 bridgehead atoms. The summed E-state index contributed by atoms with van der Waals surface area (Å²) in [5, 5.41) is 22.8. The number of phenolic OH excluding ortho intramolecular Hbond substituents is 1. The summed E-state index contributed by atoms with van der Waals surface area (Å²) in [6.45, 7) is 5.32. The Kier molecular flexibility index (Phi) is 4.10. The van der Waals surface area contributed by atoms with E-state index in [4.69, 9.17) is 5.73 Å². The standard InChI is InChI=1S/C12H17N3O4/c1-12(2,3)10(13)11(17)14-9-7(15(18)19)5-4-6-8(9)16/h4-6,10,16H,13H2,1-3H3,(H,14,17)/t10-/m1/s1. The van der Waals surface area contributed by atoms with Gasteiger partial charge in [-0.15, -0.1) is 0 Å². The highest BCUT2D eigenvalue weighted by Crippen LogP contribution is 2.33. The molecule has 0 unspecified atom stereocenters. The average Bonchev–Trinajstić information content (AvgIpc) is 2.29. The summed E-state index contributed by atoms with van der Waals surface area (Å²) in [6, 6.07) is 2.92. The van der Waals surface area contributed by atoms with Crippen LogP contribution in [0.3, 0.4) is 0 Å². The summed E-state index contributed by atoms with van der Waals surface area (Å²) in [5.41, 5.74) is 4.64. The van der Waals surface area contributed by atoms with Crippen LogP contribution in [0.15, 0.2) is 18.2 Å². The molecule has 1 aromatic carbocycles. The molecule has 19 heavy (non-hydrogen) atoms. The molecule has 1 rings (SSSR count). The van der Waals surface area contributed by atoms with E-state index in [0.717, 1.165) is 0 Å². The number of para-hydroxylation sites is 1. The minimum Gasteiger partial charge on any atom is -0.505 e. The molecular formula is C12H17N3O4. The number of hydrogen-bond acceptors (Lipinski definition) is 5. The van der Waals surface area contributed by atoms with Gasteiger partial charge in [0.15, 0.2) is 5.69 Å². The molecule has 1 amide bonds. The van der Waals surface area contributed by atoms with Gasteiger partial charge in [0, 0.05) is 6.07 Å². The zero-order chi connectivity index (χ0) is 14.8. The van der Waals surface area contributed by atoms with Crippen molar-refractivity contribution >= 4 is 17.3 Å². The molecule has 0 aliphatic rings. The van der Waals surface area contributed by atoms with Gasteiger partial charge in [-0.3, -0.25) is 14.9 Å². The Morgan fingerprint density at radius 2 is 2.05 bits per heavy atom. The molecule has 0 aliphatic carbocycles. The Morgan fingerprint density at radius 3 is 2.53 bits per heavy atom. The molecule has 4 N–H and O–H groups in total. The fourth-order valence-corrected chi connectivity index (χ4v) is 1.40. The van der Waals surface area contributed by atoms with Crippen LogP contribution in [-0.2, 0) is 4.79 Å². The zero-order valence-corrected chi connectivity index (χ0v) is 11.0. The summed E-state index contributed by atoms with van der Waals surface area (Å²) in [6.07, 6.45) is 0. The number of nitrogens with one attached hydrogen (secondary N) is 1. The molecule has 0 spiro atoms. The van der Waals surface area contributed by atoms with Crippen molar-refractivity contribution in [1.29, 1.82) is 0 Å². The first-order valence-corrected chi connectivity index (χ1v) is 5.67. The Balaban J connectivity index is 3.07. The van der Waals surface area contributed by atoms with Gasteiger partial charge in [0.1, 0.15) is 5.75 Å². The molecule has 1 atom stereocenters. The van der Waals surface area contributed by atoms with E-state index in [2.05, 4.69) is 5.32 Å². The number of aromatic hydroxyl groups is 1. The van der Waals surface area contributed by atoms with Crippen molar-refractivity contribution in [3.05, 3.63) is 28.3 Å². The normalized spacial score (nSPS) is 12.8. The number of nitrogens with zero attached hydrogens (tertiary/aromatic N) is 1. The van der Waals surface area contributed by atoms with Crippen LogP contribution in [0.2, 0.25) is 0 Å². The molecule has 0 aliphatic heterocycles. The van der Waals surface area contributed by atoms with Gasteiger partial charge in [-0.05, 0) is 11.5 Å². The van der Waals surface area contributed by atoms with Crippen LogP contribution in [0.25, 0.3) is 0 Å². The number of benzene rings is 1. The SMILES string of the molecule is CC(C)(C)[C@H](N)C(=O)Nc1c(O)cccc1[N+](=O)[O-].